The fraction of sp³-hybridized carbons (Fsp3) is 0.500. The molecule has 0 aliphatic rings. The summed E-state index contributed by atoms with van der Waals surface area (Å²) in [4.78, 5) is 23.0. The molecule has 1 aromatic rings. The minimum absolute atomic E-state index is 0.134. The van der Waals surface area contributed by atoms with Gasteiger partial charge in [-0.15, -0.1) is 0 Å². The van der Waals surface area contributed by atoms with Crippen LogP contribution in [-0.4, -0.2) is 36.1 Å². The third-order valence-electron chi connectivity index (χ3n) is 2.26. The molecule has 0 aliphatic heterocycles. The maximum atomic E-state index is 11.6. The smallest absolute Gasteiger partial charge is 0.435 e. The van der Waals surface area contributed by atoms with Crippen molar-refractivity contribution in [3.63, 3.8) is 0 Å². The first-order chi connectivity index (χ1) is 7.56. The van der Waals surface area contributed by atoms with Crippen molar-refractivity contribution in [2.75, 3.05) is 14.2 Å². The van der Waals surface area contributed by atoms with Crippen LogP contribution in [0.2, 0.25) is 0 Å². The topological polar surface area (TPSA) is 70.4 Å². The van der Waals surface area contributed by atoms with Crippen LogP contribution < -0.4 is 0 Å². The van der Waals surface area contributed by atoms with Crippen molar-refractivity contribution in [3.8, 4) is 0 Å². The highest BCUT2D eigenvalue weighted by atomic mass is 16.5. The van der Waals surface area contributed by atoms with Crippen LogP contribution in [0.1, 0.15) is 28.7 Å². The van der Waals surface area contributed by atoms with Crippen molar-refractivity contribution in [3.05, 3.63) is 17.0 Å². The summed E-state index contributed by atoms with van der Waals surface area (Å²) in [6.07, 6.45) is -0.115. The molecular weight excluding hydrogens is 212 g/mol. The molecule has 6 heteroatoms. The lowest BCUT2D eigenvalue weighted by Crippen LogP contribution is -2.20. The maximum absolute atomic E-state index is 11.6. The number of hydrogen-bond donors (Lipinski definition) is 0. The number of nitrogens with zero attached hydrogens (tertiary/aromatic N) is 2. The van der Waals surface area contributed by atoms with Crippen LogP contribution in [0.3, 0.4) is 0 Å². The van der Waals surface area contributed by atoms with Gasteiger partial charge in [0.05, 0.1) is 19.9 Å². The Morgan fingerprint density at radius 2 is 1.94 bits per heavy atom. The summed E-state index contributed by atoms with van der Waals surface area (Å²) < 4.78 is 10.1. The highest BCUT2D eigenvalue weighted by Gasteiger charge is 2.25. The number of hydrogen-bond acceptors (Lipinski definition) is 5. The Bertz CT molecular complexity index is 423. The molecule has 1 aromatic heterocycles. The lowest BCUT2D eigenvalue weighted by Gasteiger charge is -2.04. The van der Waals surface area contributed by atoms with Crippen molar-refractivity contribution in [2.45, 2.75) is 20.3 Å². The Morgan fingerprint density at radius 1 is 1.31 bits per heavy atom. The van der Waals surface area contributed by atoms with Crippen molar-refractivity contribution in [1.82, 2.24) is 9.78 Å². The van der Waals surface area contributed by atoms with Gasteiger partial charge >= 0.3 is 12.1 Å². The van der Waals surface area contributed by atoms with Crippen molar-refractivity contribution in [2.24, 2.45) is 0 Å². The van der Waals surface area contributed by atoms with Gasteiger partial charge in [-0.25, -0.2) is 9.59 Å². The number of carbonyl (C=O) groups excluding carboxylic acids is 2. The van der Waals surface area contributed by atoms with E-state index in [9.17, 15) is 9.59 Å². The normalized spacial score (nSPS) is 10.0. The maximum Gasteiger partial charge on any atom is 0.435 e. The molecule has 0 amide bonds. The van der Waals surface area contributed by atoms with E-state index in [1.165, 1.54) is 14.2 Å². The fourth-order valence-corrected chi connectivity index (χ4v) is 1.51. The van der Waals surface area contributed by atoms with Gasteiger partial charge in [0, 0.05) is 5.56 Å². The summed E-state index contributed by atoms with van der Waals surface area (Å²) in [5.74, 6) is -0.595. The van der Waals surface area contributed by atoms with Gasteiger partial charge < -0.3 is 9.47 Å². The predicted molar refractivity (Wildman–Crippen MR) is 55.5 cm³/mol. The molecule has 0 aliphatic carbocycles. The van der Waals surface area contributed by atoms with E-state index in [0.29, 0.717) is 17.7 Å². The molecule has 0 aromatic carbocycles. The molecule has 0 saturated carbocycles. The zero-order valence-corrected chi connectivity index (χ0v) is 9.73. The van der Waals surface area contributed by atoms with E-state index in [1.807, 2.05) is 6.92 Å². The van der Waals surface area contributed by atoms with Crippen molar-refractivity contribution in [1.29, 1.82) is 0 Å². The molecule has 1 heterocycles. The first-order valence-corrected chi connectivity index (χ1v) is 4.81. The number of ether oxygens (including phenoxy) is 2. The van der Waals surface area contributed by atoms with Crippen molar-refractivity contribution < 1.29 is 19.1 Å². The first kappa shape index (κ1) is 12.2. The van der Waals surface area contributed by atoms with Gasteiger partial charge in [0.15, 0.2) is 5.69 Å². The minimum atomic E-state index is -0.705. The minimum Gasteiger partial charge on any atom is -0.464 e. The van der Waals surface area contributed by atoms with E-state index < -0.39 is 12.1 Å². The van der Waals surface area contributed by atoms with Gasteiger partial charge in [-0.2, -0.15) is 9.78 Å². The van der Waals surface area contributed by atoms with Gasteiger partial charge in [0.2, 0.25) is 0 Å². The van der Waals surface area contributed by atoms with E-state index in [-0.39, 0.29) is 5.69 Å². The van der Waals surface area contributed by atoms with Gasteiger partial charge in [-0.05, 0) is 13.3 Å². The molecular formula is C10H14N2O4. The van der Waals surface area contributed by atoms with E-state index in [2.05, 4.69) is 14.6 Å². The summed E-state index contributed by atoms with van der Waals surface area (Å²) in [5.41, 5.74) is 1.44. The summed E-state index contributed by atoms with van der Waals surface area (Å²) in [6.45, 7) is 3.60. The molecule has 0 saturated heterocycles. The van der Waals surface area contributed by atoms with E-state index in [4.69, 9.17) is 0 Å². The van der Waals surface area contributed by atoms with Gasteiger partial charge in [-0.1, -0.05) is 6.92 Å². The van der Waals surface area contributed by atoms with Crippen LogP contribution in [0.25, 0.3) is 0 Å². The largest absolute Gasteiger partial charge is 0.464 e. The number of carbonyl (C=O) groups is 2. The molecule has 16 heavy (non-hydrogen) atoms. The third-order valence-corrected chi connectivity index (χ3v) is 2.26. The van der Waals surface area contributed by atoms with E-state index in [0.717, 1.165) is 4.68 Å². The Labute approximate surface area is 93.1 Å². The molecule has 0 radical (unpaired) electrons. The average Bonchev–Trinajstić information content (AvgIpc) is 2.63. The van der Waals surface area contributed by atoms with Crippen LogP contribution in [-0.2, 0) is 15.9 Å². The lowest BCUT2D eigenvalue weighted by molar-refractivity contribution is 0.0583. The SMILES string of the molecule is CCc1c(C)nn(C(=O)OC)c1C(=O)OC. The molecule has 0 atom stereocenters. The Balaban J connectivity index is 3.38. The number of aromatic nitrogens is 2. The van der Waals surface area contributed by atoms with E-state index in [1.54, 1.807) is 6.92 Å². The Kier molecular flexibility index (Phi) is 3.65. The number of aryl methyl sites for hydroxylation is 1. The monoisotopic (exact) mass is 226 g/mol. The zero-order chi connectivity index (χ0) is 12.3. The fourth-order valence-electron chi connectivity index (χ4n) is 1.51. The Hall–Kier alpha value is -1.85. The number of esters is 1. The number of rotatable bonds is 2. The standard InChI is InChI=1S/C10H14N2O4/c1-5-7-6(2)11-12(10(14)16-4)8(7)9(13)15-3/h5H2,1-4H3. The second-order valence-corrected chi connectivity index (χ2v) is 3.14. The number of methoxy groups -OCH3 is 2. The summed E-state index contributed by atoms with van der Waals surface area (Å²) in [7, 11) is 2.48. The molecule has 0 unspecified atom stereocenters. The second-order valence-electron chi connectivity index (χ2n) is 3.14. The Morgan fingerprint density at radius 3 is 2.38 bits per heavy atom. The van der Waals surface area contributed by atoms with Crippen LogP contribution in [0.5, 0.6) is 0 Å². The molecule has 88 valence electrons. The first-order valence-electron chi connectivity index (χ1n) is 4.81. The van der Waals surface area contributed by atoms with Crippen LogP contribution in [0.15, 0.2) is 0 Å². The summed E-state index contributed by atoms with van der Waals surface area (Å²) in [6, 6.07) is 0. The van der Waals surface area contributed by atoms with Crippen molar-refractivity contribution >= 4 is 12.1 Å². The molecule has 0 bridgehead atoms. The third kappa shape index (κ3) is 1.91. The average molecular weight is 226 g/mol. The molecule has 0 spiro atoms. The summed E-state index contributed by atoms with van der Waals surface area (Å²) in [5, 5.41) is 3.96. The molecule has 1 rings (SSSR count). The lowest BCUT2D eigenvalue weighted by atomic mass is 10.1. The molecule has 0 N–H and O–H groups in total. The van der Waals surface area contributed by atoms with Gasteiger partial charge in [0.1, 0.15) is 0 Å². The predicted octanol–water partition coefficient (Wildman–Crippen LogP) is 1.16. The quantitative estimate of drug-likeness (QED) is 0.707. The van der Waals surface area contributed by atoms with E-state index >= 15 is 0 Å². The van der Waals surface area contributed by atoms with Crippen LogP contribution >= 0.6 is 0 Å². The van der Waals surface area contributed by atoms with Gasteiger partial charge in [0.25, 0.3) is 0 Å². The van der Waals surface area contributed by atoms with Gasteiger partial charge in [-0.3, -0.25) is 0 Å². The highest BCUT2D eigenvalue weighted by Crippen LogP contribution is 2.16. The van der Waals surface area contributed by atoms with Crippen LogP contribution in [0.4, 0.5) is 4.79 Å². The molecule has 6 nitrogen and oxygen atoms in total. The molecule has 0 fully saturated rings. The zero-order valence-electron chi connectivity index (χ0n) is 9.73. The van der Waals surface area contributed by atoms with Crippen LogP contribution in [0, 0.1) is 6.92 Å². The second kappa shape index (κ2) is 4.78. The highest BCUT2D eigenvalue weighted by molar-refractivity contribution is 5.93. The summed E-state index contributed by atoms with van der Waals surface area (Å²) >= 11 is 0.